The second-order valence-corrected chi connectivity index (χ2v) is 14.6. The maximum absolute atomic E-state index is 12.5. The van der Waals surface area contributed by atoms with Crippen LogP contribution in [0.2, 0.25) is 0 Å². The minimum absolute atomic E-state index is 0.0420. The quantitative estimate of drug-likeness (QED) is 0.0225. The number of unbranched alkanes of at least 4 members (excludes halogenated alkanes) is 10. The second kappa shape index (κ2) is 31.0. The van der Waals surface area contributed by atoms with Crippen molar-refractivity contribution >= 4 is 19.8 Å². The van der Waals surface area contributed by atoms with Crippen molar-refractivity contribution < 1.29 is 42.1 Å². The van der Waals surface area contributed by atoms with E-state index in [0.29, 0.717) is 23.9 Å². The molecule has 0 heterocycles. The van der Waals surface area contributed by atoms with Gasteiger partial charge in [0, 0.05) is 12.8 Å². The molecule has 0 aliphatic carbocycles. The molecule has 2 atom stereocenters. The minimum Gasteiger partial charge on any atom is -0.756 e. The summed E-state index contributed by atoms with van der Waals surface area (Å²) >= 11 is 0. The molecule has 1 unspecified atom stereocenters. The van der Waals surface area contributed by atoms with E-state index in [1.54, 1.807) is 0 Å². The molecular formula is C38H68NO8P. The Morgan fingerprint density at radius 2 is 1.15 bits per heavy atom. The van der Waals surface area contributed by atoms with E-state index in [-0.39, 0.29) is 26.1 Å². The highest BCUT2D eigenvalue weighted by Gasteiger charge is 2.21. The average Bonchev–Trinajstić information content (AvgIpc) is 3.02. The van der Waals surface area contributed by atoms with Crippen LogP contribution < -0.4 is 4.89 Å². The normalized spacial score (nSPS) is 14.4. The Hall–Kier alpha value is -2.03. The first-order valence-corrected chi connectivity index (χ1v) is 19.8. The highest BCUT2D eigenvalue weighted by atomic mass is 31.2. The molecule has 0 rings (SSSR count). The van der Waals surface area contributed by atoms with Gasteiger partial charge in [0.25, 0.3) is 7.82 Å². The number of hydrogen-bond donors (Lipinski definition) is 0. The van der Waals surface area contributed by atoms with E-state index < -0.39 is 32.5 Å². The van der Waals surface area contributed by atoms with Crippen LogP contribution in [0.1, 0.15) is 129 Å². The molecule has 9 nitrogen and oxygen atoms in total. The first-order chi connectivity index (χ1) is 23.0. The predicted octanol–water partition coefficient (Wildman–Crippen LogP) is 8.94. The van der Waals surface area contributed by atoms with Crippen molar-refractivity contribution in [1.82, 2.24) is 0 Å². The van der Waals surface area contributed by atoms with Gasteiger partial charge < -0.3 is 27.9 Å². The number of esters is 2. The molecule has 0 aromatic carbocycles. The van der Waals surface area contributed by atoms with Crippen molar-refractivity contribution in [3.05, 3.63) is 48.6 Å². The Morgan fingerprint density at radius 3 is 1.73 bits per heavy atom. The van der Waals surface area contributed by atoms with Crippen LogP contribution in [-0.2, 0) is 32.7 Å². The molecule has 0 aliphatic heterocycles. The zero-order valence-corrected chi connectivity index (χ0v) is 31.8. The fraction of sp³-hybridized carbons (Fsp3) is 0.737. The molecule has 0 aromatic heterocycles. The Balaban J connectivity index is 4.53. The van der Waals surface area contributed by atoms with E-state index in [4.69, 9.17) is 18.5 Å². The van der Waals surface area contributed by atoms with Gasteiger partial charge in [0.2, 0.25) is 0 Å². The molecule has 0 saturated heterocycles. The largest absolute Gasteiger partial charge is 0.756 e. The highest BCUT2D eigenvalue weighted by Crippen LogP contribution is 2.38. The monoisotopic (exact) mass is 697 g/mol. The Labute approximate surface area is 293 Å². The fourth-order valence-corrected chi connectivity index (χ4v) is 5.14. The van der Waals surface area contributed by atoms with Crippen LogP contribution in [0.4, 0.5) is 0 Å². The molecule has 0 aromatic rings. The minimum atomic E-state index is -4.63. The molecule has 0 aliphatic rings. The van der Waals surface area contributed by atoms with E-state index in [9.17, 15) is 19.0 Å². The summed E-state index contributed by atoms with van der Waals surface area (Å²) in [6.07, 6.45) is 33.1. The van der Waals surface area contributed by atoms with E-state index in [0.717, 1.165) is 44.9 Å². The maximum atomic E-state index is 12.5. The zero-order valence-electron chi connectivity index (χ0n) is 30.9. The van der Waals surface area contributed by atoms with Gasteiger partial charge in [-0.05, 0) is 51.4 Å². The van der Waals surface area contributed by atoms with Gasteiger partial charge in [-0.15, -0.1) is 0 Å². The number of likely N-dealkylation sites (N-methyl/N-ethyl adjacent to an activating group) is 1. The predicted molar refractivity (Wildman–Crippen MR) is 194 cm³/mol. The molecule has 48 heavy (non-hydrogen) atoms. The number of nitrogens with zero attached hydrogens (tertiary/aromatic N) is 1. The lowest BCUT2D eigenvalue weighted by Crippen LogP contribution is -2.37. The lowest BCUT2D eigenvalue weighted by atomic mass is 10.1. The van der Waals surface area contributed by atoms with Crippen molar-refractivity contribution in [2.75, 3.05) is 47.5 Å². The summed E-state index contributed by atoms with van der Waals surface area (Å²) in [6, 6.07) is 0. The van der Waals surface area contributed by atoms with Crippen LogP contribution in [0.15, 0.2) is 48.6 Å². The third-order valence-electron chi connectivity index (χ3n) is 7.35. The van der Waals surface area contributed by atoms with Crippen molar-refractivity contribution in [3.8, 4) is 0 Å². The van der Waals surface area contributed by atoms with Gasteiger partial charge in [0.15, 0.2) is 6.10 Å². The van der Waals surface area contributed by atoms with Crippen LogP contribution in [0.3, 0.4) is 0 Å². The van der Waals surface area contributed by atoms with Crippen LogP contribution in [0.25, 0.3) is 0 Å². The highest BCUT2D eigenvalue weighted by molar-refractivity contribution is 7.45. The SMILES string of the molecule is CCCCC/C=C\C/C=C\C/C=C\C/C=C\CCCC(=O)O[C@H](COC(=O)CCCCCCCCC)COP(=O)([O-])OCC[N+](C)(C)C. The Bertz CT molecular complexity index is 970. The number of hydrogen-bond acceptors (Lipinski definition) is 8. The van der Waals surface area contributed by atoms with Gasteiger partial charge >= 0.3 is 11.9 Å². The number of allylic oxidation sites excluding steroid dienone is 8. The van der Waals surface area contributed by atoms with E-state index in [1.807, 2.05) is 27.2 Å². The van der Waals surface area contributed by atoms with Gasteiger partial charge in [0.1, 0.15) is 19.8 Å². The van der Waals surface area contributed by atoms with E-state index in [2.05, 4.69) is 56.4 Å². The third-order valence-corrected chi connectivity index (χ3v) is 8.32. The lowest BCUT2D eigenvalue weighted by Gasteiger charge is -2.28. The standard InChI is InChI=1S/C38H68NO8P/c1-6-8-10-12-14-15-16-17-18-19-20-21-22-23-25-27-29-31-38(41)47-36(35-46-48(42,43)45-33-32-39(3,4)5)34-44-37(40)30-28-26-24-13-11-9-7-2/h14-15,17-18,20-21,23,25,36H,6-13,16,19,22,24,26-35H2,1-5H3/b15-14-,18-17-,21-20-,25-23-/t36-/m1/s1. The number of rotatable bonds is 32. The van der Waals surface area contributed by atoms with Crippen molar-refractivity contribution in [2.24, 2.45) is 0 Å². The molecule has 10 heteroatoms. The van der Waals surface area contributed by atoms with Gasteiger partial charge in [0.05, 0.1) is 27.7 Å². The number of quaternary nitrogens is 1. The van der Waals surface area contributed by atoms with Crippen molar-refractivity contribution in [2.45, 2.75) is 136 Å². The van der Waals surface area contributed by atoms with Crippen molar-refractivity contribution in [1.29, 1.82) is 0 Å². The van der Waals surface area contributed by atoms with Gasteiger partial charge in [-0.3, -0.25) is 14.2 Å². The summed E-state index contributed by atoms with van der Waals surface area (Å²) in [6.45, 7) is 4.05. The zero-order chi connectivity index (χ0) is 35.8. The van der Waals surface area contributed by atoms with Crippen LogP contribution >= 0.6 is 7.82 Å². The molecule has 0 radical (unpaired) electrons. The van der Waals surface area contributed by atoms with Crippen LogP contribution in [0.5, 0.6) is 0 Å². The number of ether oxygens (including phenoxy) is 2. The van der Waals surface area contributed by atoms with Gasteiger partial charge in [-0.25, -0.2) is 0 Å². The molecule has 0 amide bonds. The molecular weight excluding hydrogens is 629 g/mol. The molecule has 0 saturated carbocycles. The van der Waals surface area contributed by atoms with Gasteiger partial charge in [-0.2, -0.15) is 0 Å². The van der Waals surface area contributed by atoms with E-state index >= 15 is 0 Å². The molecule has 0 fully saturated rings. The molecule has 0 N–H and O–H groups in total. The second-order valence-electron chi connectivity index (χ2n) is 13.2. The first-order valence-electron chi connectivity index (χ1n) is 18.3. The Kier molecular flexibility index (Phi) is 29.7. The summed E-state index contributed by atoms with van der Waals surface area (Å²) in [7, 11) is 1.12. The third kappa shape index (κ3) is 33.9. The maximum Gasteiger partial charge on any atom is 0.306 e. The summed E-state index contributed by atoms with van der Waals surface area (Å²) in [5.41, 5.74) is 0. The molecule has 0 spiro atoms. The topological polar surface area (TPSA) is 111 Å². The van der Waals surface area contributed by atoms with E-state index in [1.165, 1.54) is 44.9 Å². The smallest absolute Gasteiger partial charge is 0.306 e. The summed E-state index contributed by atoms with van der Waals surface area (Å²) in [4.78, 5) is 37.1. The summed E-state index contributed by atoms with van der Waals surface area (Å²) in [5.74, 6) is -0.913. The van der Waals surface area contributed by atoms with Crippen LogP contribution in [-0.4, -0.2) is 70.0 Å². The summed E-state index contributed by atoms with van der Waals surface area (Å²) in [5, 5.41) is 0. The van der Waals surface area contributed by atoms with Gasteiger partial charge in [-0.1, -0.05) is 114 Å². The first kappa shape index (κ1) is 46.0. The number of phosphoric acid groups is 1. The average molecular weight is 698 g/mol. The number of phosphoric ester groups is 1. The number of carbonyl (C=O) groups excluding carboxylic acids is 2. The number of carbonyl (C=O) groups is 2. The van der Waals surface area contributed by atoms with Crippen LogP contribution in [0, 0.1) is 0 Å². The fourth-order valence-electron chi connectivity index (χ4n) is 4.41. The Morgan fingerprint density at radius 1 is 0.646 bits per heavy atom. The molecule has 0 bridgehead atoms. The lowest BCUT2D eigenvalue weighted by molar-refractivity contribution is -0.870. The summed E-state index contributed by atoms with van der Waals surface area (Å²) < 4.78 is 33.5. The van der Waals surface area contributed by atoms with Crippen molar-refractivity contribution in [3.63, 3.8) is 0 Å². The molecule has 278 valence electrons.